The molecule has 0 radical (unpaired) electrons. The Morgan fingerprint density at radius 3 is 2.89 bits per heavy atom. The number of ether oxygens (including phenoxy) is 1. The lowest BCUT2D eigenvalue weighted by atomic mass is 10.2. The largest absolute Gasteiger partial charge is 0.448 e. The van der Waals surface area contributed by atoms with Crippen LogP contribution in [0.5, 0.6) is 0 Å². The van der Waals surface area contributed by atoms with E-state index in [9.17, 15) is 19.3 Å². The quantitative estimate of drug-likeness (QED) is 0.447. The molecule has 18 heavy (non-hydrogen) atoms. The van der Waals surface area contributed by atoms with Crippen LogP contribution in [-0.4, -0.2) is 24.2 Å². The number of nitrogens with one attached hydrogen (secondary N) is 1. The number of nitro benzene ring substituents is 1. The summed E-state index contributed by atoms with van der Waals surface area (Å²) in [5.41, 5.74) is 4.34. The lowest BCUT2D eigenvalue weighted by Gasteiger charge is -2.06. The van der Waals surface area contributed by atoms with Gasteiger partial charge in [-0.3, -0.25) is 10.1 Å². The summed E-state index contributed by atoms with van der Waals surface area (Å²) in [7, 11) is 0. The van der Waals surface area contributed by atoms with Crippen LogP contribution < -0.4 is 11.1 Å². The van der Waals surface area contributed by atoms with E-state index in [1.54, 1.807) is 0 Å². The van der Waals surface area contributed by atoms with Crippen molar-refractivity contribution in [2.45, 2.75) is 6.54 Å². The van der Waals surface area contributed by atoms with Crippen molar-refractivity contribution in [1.29, 1.82) is 0 Å². The number of halogens is 1. The molecule has 1 amide bonds. The molecular weight excluding hydrogens is 245 g/mol. The number of hydrogen-bond acceptors (Lipinski definition) is 5. The van der Waals surface area contributed by atoms with Gasteiger partial charge in [0.1, 0.15) is 6.61 Å². The van der Waals surface area contributed by atoms with Crippen LogP contribution in [0.4, 0.5) is 14.9 Å². The van der Waals surface area contributed by atoms with Crippen molar-refractivity contribution in [3.63, 3.8) is 0 Å². The summed E-state index contributed by atoms with van der Waals surface area (Å²) in [5.74, 6) is -0.870. The maximum Gasteiger partial charge on any atom is 0.404 e. The maximum atomic E-state index is 13.6. The molecule has 1 aromatic carbocycles. The highest BCUT2D eigenvalue weighted by molar-refractivity contribution is 5.64. The van der Waals surface area contributed by atoms with E-state index in [-0.39, 0.29) is 25.3 Å². The molecule has 3 N–H and O–H groups in total. The minimum absolute atomic E-state index is 0.0475. The third-order valence-electron chi connectivity index (χ3n) is 2.09. The number of primary amides is 1. The topological polar surface area (TPSA) is 107 Å². The first-order valence-corrected chi connectivity index (χ1v) is 5.07. The van der Waals surface area contributed by atoms with E-state index < -0.39 is 22.5 Å². The number of benzene rings is 1. The van der Waals surface area contributed by atoms with Crippen LogP contribution in [0.1, 0.15) is 5.56 Å². The molecule has 0 aliphatic carbocycles. The van der Waals surface area contributed by atoms with E-state index in [0.717, 1.165) is 6.07 Å². The smallest absolute Gasteiger partial charge is 0.404 e. The molecule has 1 rings (SSSR count). The van der Waals surface area contributed by atoms with Gasteiger partial charge in [-0.25, -0.2) is 4.79 Å². The van der Waals surface area contributed by atoms with Crippen LogP contribution >= 0.6 is 0 Å². The van der Waals surface area contributed by atoms with Crippen molar-refractivity contribution in [3.8, 4) is 0 Å². The Morgan fingerprint density at radius 1 is 1.56 bits per heavy atom. The molecule has 0 fully saturated rings. The maximum absolute atomic E-state index is 13.6. The molecule has 0 spiro atoms. The van der Waals surface area contributed by atoms with Crippen molar-refractivity contribution in [2.24, 2.45) is 5.73 Å². The van der Waals surface area contributed by atoms with Gasteiger partial charge in [0.25, 0.3) is 0 Å². The van der Waals surface area contributed by atoms with E-state index in [1.165, 1.54) is 12.1 Å². The number of carbonyl (C=O) groups is 1. The molecule has 0 unspecified atom stereocenters. The summed E-state index contributed by atoms with van der Waals surface area (Å²) < 4.78 is 18.0. The minimum Gasteiger partial charge on any atom is -0.448 e. The minimum atomic E-state index is -0.890. The van der Waals surface area contributed by atoms with E-state index in [0.29, 0.717) is 0 Å². The third kappa shape index (κ3) is 3.98. The van der Waals surface area contributed by atoms with E-state index >= 15 is 0 Å². The van der Waals surface area contributed by atoms with Gasteiger partial charge in [0.15, 0.2) is 0 Å². The molecule has 7 nitrogen and oxygen atoms in total. The summed E-state index contributed by atoms with van der Waals surface area (Å²) in [6, 6.07) is 3.93. The molecule has 0 aliphatic heterocycles. The summed E-state index contributed by atoms with van der Waals surface area (Å²) in [6.07, 6.45) is -0.890. The van der Waals surface area contributed by atoms with Crippen molar-refractivity contribution in [3.05, 3.63) is 39.7 Å². The SMILES string of the molecule is NC(=O)OCCNCc1cccc([N+](=O)[O-])c1F. The predicted molar refractivity (Wildman–Crippen MR) is 60.3 cm³/mol. The van der Waals surface area contributed by atoms with Crippen molar-refractivity contribution >= 4 is 11.8 Å². The zero-order chi connectivity index (χ0) is 13.5. The number of carbonyl (C=O) groups excluding carboxylic acids is 1. The Bertz CT molecular complexity index is 453. The van der Waals surface area contributed by atoms with Crippen LogP contribution in [-0.2, 0) is 11.3 Å². The van der Waals surface area contributed by atoms with Gasteiger partial charge in [-0.2, -0.15) is 4.39 Å². The number of nitrogens with two attached hydrogens (primary N) is 1. The molecule has 0 saturated heterocycles. The number of nitrogens with zero attached hydrogens (tertiary/aromatic N) is 1. The molecule has 0 aliphatic rings. The zero-order valence-corrected chi connectivity index (χ0v) is 9.39. The van der Waals surface area contributed by atoms with Crippen LogP contribution in [0.2, 0.25) is 0 Å². The monoisotopic (exact) mass is 257 g/mol. The Balaban J connectivity index is 2.50. The molecule has 0 bridgehead atoms. The molecule has 0 heterocycles. The lowest BCUT2D eigenvalue weighted by molar-refractivity contribution is -0.387. The standard InChI is InChI=1S/C10H12FN3O4/c11-9-7(2-1-3-8(9)14(16)17)6-13-4-5-18-10(12)15/h1-3,13H,4-6H2,(H2,12,15). The van der Waals surface area contributed by atoms with Gasteiger partial charge in [-0.1, -0.05) is 12.1 Å². The number of nitro groups is 1. The molecular formula is C10H12FN3O4. The fourth-order valence-corrected chi connectivity index (χ4v) is 1.29. The predicted octanol–water partition coefficient (Wildman–Crippen LogP) is 0.919. The average molecular weight is 257 g/mol. The molecule has 0 aromatic heterocycles. The summed E-state index contributed by atoms with van der Waals surface area (Å²) >= 11 is 0. The first-order chi connectivity index (χ1) is 8.52. The zero-order valence-electron chi connectivity index (χ0n) is 9.39. The van der Waals surface area contributed by atoms with Gasteiger partial charge in [0.05, 0.1) is 4.92 Å². The highest BCUT2D eigenvalue weighted by Crippen LogP contribution is 2.19. The van der Waals surface area contributed by atoms with E-state index in [4.69, 9.17) is 5.73 Å². The van der Waals surface area contributed by atoms with Crippen molar-refractivity contribution in [1.82, 2.24) is 5.32 Å². The normalized spacial score (nSPS) is 10.1. The first kappa shape index (κ1) is 13.8. The van der Waals surface area contributed by atoms with Gasteiger partial charge in [-0.05, 0) is 0 Å². The Hall–Kier alpha value is -2.22. The second-order valence-corrected chi connectivity index (χ2v) is 3.35. The summed E-state index contributed by atoms with van der Waals surface area (Å²) in [5, 5.41) is 13.3. The van der Waals surface area contributed by atoms with Crippen LogP contribution in [0.15, 0.2) is 18.2 Å². The number of amides is 1. The van der Waals surface area contributed by atoms with Crippen molar-refractivity contribution in [2.75, 3.05) is 13.2 Å². The van der Waals surface area contributed by atoms with Gasteiger partial charge < -0.3 is 15.8 Å². The Kier molecular flexibility index (Phi) is 5.00. The van der Waals surface area contributed by atoms with E-state index in [2.05, 4.69) is 10.1 Å². The fraction of sp³-hybridized carbons (Fsp3) is 0.300. The summed E-state index contributed by atoms with van der Waals surface area (Å²) in [4.78, 5) is 20.0. The van der Waals surface area contributed by atoms with Gasteiger partial charge in [-0.15, -0.1) is 0 Å². The van der Waals surface area contributed by atoms with E-state index in [1.807, 2.05) is 0 Å². The number of rotatable bonds is 6. The third-order valence-corrected chi connectivity index (χ3v) is 2.09. The average Bonchev–Trinajstić information content (AvgIpc) is 2.30. The molecule has 0 atom stereocenters. The van der Waals surface area contributed by atoms with Gasteiger partial charge >= 0.3 is 11.8 Å². The highest BCUT2D eigenvalue weighted by atomic mass is 19.1. The Labute approximate surface area is 102 Å². The lowest BCUT2D eigenvalue weighted by Crippen LogP contribution is -2.23. The summed E-state index contributed by atoms with van der Waals surface area (Å²) in [6.45, 7) is 0.409. The second kappa shape index (κ2) is 6.50. The van der Waals surface area contributed by atoms with Gasteiger partial charge in [0.2, 0.25) is 5.82 Å². The molecule has 8 heteroatoms. The molecule has 0 saturated carbocycles. The first-order valence-electron chi connectivity index (χ1n) is 5.07. The fourth-order valence-electron chi connectivity index (χ4n) is 1.29. The highest BCUT2D eigenvalue weighted by Gasteiger charge is 2.16. The Morgan fingerprint density at radius 2 is 2.28 bits per heavy atom. The van der Waals surface area contributed by atoms with Crippen LogP contribution in [0.25, 0.3) is 0 Å². The number of hydrogen-bond donors (Lipinski definition) is 2. The van der Waals surface area contributed by atoms with Crippen LogP contribution in [0, 0.1) is 15.9 Å². The van der Waals surface area contributed by atoms with Crippen molar-refractivity contribution < 1.29 is 18.8 Å². The molecule has 1 aromatic rings. The van der Waals surface area contributed by atoms with Crippen LogP contribution in [0.3, 0.4) is 0 Å². The molecule has 98 valence electrons. The van der Waals surface area contributed by atoms with Gasteiger partial charge in [0, 0.05) is 24.7 Å². The second-order valence-electron chi connectivity index (χ2n) is 3.35.